The Kier molecular flexibility index (Phi) is 6.46. The molecule has 1 fully saturated rings. The number of amides is 1. The number of methoxy groups -OCH3 is 2. The topological polar surface area (TPSA) is 125 Å². The molecule has 9 nitrogen and oxygen atoms in total. The van der Waals surface area contributed by atoms with Crippen LogP contribution in [0.25, 0.3) is 0 Å². The van der Waals surface area contributed by atoms with Crippen molar-refractivity contribution in [2.75, 3.05) is 20.0 Å². The third kappa shape index (κ3) is 4.06. The minimum Gasteiger partial charge on any atom is -0.467 e. The molecule has 10 heteroatoms. The number of rotatable bonds is 4. The van der Waals surface area contributed by atoms with Crippen molar-refractivity contribution >= 4 is 35.6 Å². The van der Waals surface area contributed by atoms with E-state index in [1.54, 1.807) is 20.8 Å². The summed E-state index contributed by atoms with van der Waals surface area (Å²) in [4.78, 5) is 48.8. The maximum atomic E-state index is 12.8. The Bertz CT molecular complexity index is 573. The van der Waals surface area contributed by atoms with E-state index in [4.69, 9.17) is 19.9 Å². The monoisotopic (exact) mass is 376 g/mol. The molecule has 3 atom stereocenters. The first kappa shape index (κ1) is 21.2. The number of carbonyl (C=O) groups is 4. The summed E-state index contributed by atoms with van der Waals surface area (Å²) in [5.74, 6) is -2.58. The standard InChI is InChI=1S/C15H24N2O7S/c1-8(16)10(18)15(12(20)23-6)17(13(21)24-14(2,3)4)9(7-25-15)11(19)22-5/h8-9H,7,16H2,1-6H3/t8-,9?,15?/m0/s1. The average molecular weight is 376 g/mol. The number of ketones is 1. The van der Waals surface area contributed by atoms with Crippen LogP contribution in [0.3, 0.4) is 0 Å². The molecule has 0 radical (unpaired) electrons. The van der Waals surface area contributed by atoms with Crippen molar-refractivity contribution in [2.24, 2.45) is 5.73 Å². The van der Waals surface area contributed by atoms with Gasteiger partial charge in [0.15, 0.2) is 5.78 Å². The van der Waals surface area contributed by atoms with E-state index in [1.807, 2.05) is 0 Å². The molecule has 1 rings (SSSR count). The molecule has 0 saturated carbocycles. The lowest BCUT2D eigenvalue weighted by molar-refractivity contribution is -0.157. The summed E-state index contributed by atoms with van der Waals surface area (Å²) in [6.07, 6.45) is -1.01. The lowest BCUT2D eigenvalue weighted by Gasteiger charge is -2.37. The summed E-state index contributed by atoms with van der Waals surface area (Å²) in [7, 11) is 2.23. The molecule has 0 aromatic carbocycles. The summed E-state index contributed by atoms with van der Waals surface area (Å²) in [6.45, 7) is 6.24. The smallest absolute Gasteiger partial charge is 0.413 e. The second-order valence-corrected chi connectivity index (χ2v) is 7.70. The number of Topliss-reactive ketones (excluding diaryl/α,β-unsaturated/α-hetero) is 1. The van der Waals surface area contributed by atoms with Gasteiger partial charge in [0.2, 0.25) is 0 Å². The van der Waals surface area contributed by atoms with Gasteiger partial charge in [-0.05, 0) is 27.7 Å². The molecule has 1 amide bonds. The van der Waals surface area contributed by atoms with Crippen LogP contribution in [0.4, 0.5) is 4.79 Å². The van der Waals surface area contributed by atoms with Gasteiger partial charge in [-0.2, -0.15) is 0 Å². The Morgan fingerprint density at radius 1 is 1.20 bits per heavy atom. The van der Waals surface area contributed by atoms with E-state index < -0.39 is 46.4 Å². The summed E-state index contributed by atoms with van der Waals surface area (Å²) in [5.41, 5.74) is 4.76. The first-order valence-corrected chi connectivity index (χ1v) is 8.53. The van der Waals surface area contributed by atoms with E-state index in [0.29, 0.717) is 0 Å². The summed E-state index contributed by atoms with van der Waals surface area (Å²) in [6, 6.07) is -2.26. The number of carbonyl (C=O) groups excluding carboxylic acids is 4. The van der Waals surface area contributed by atoms with E-state index in [1.165, 1.54) is 6.92 Å². The highest BCUT2D eigenvalue weighted by atomic mass is 32.2. The van der Waals surface area contributed by atoms with Crippen molar-refractivity contribution in [3.8, 4) is 0 Å². The minimum absolute atomic E-state index is 0.0422. The van der Waals surface area contributed by atoms with Crippen molar-refractivity contribution in [3.63, 3.8) is 0 Å². The Morgan fingerprint density at radius 3 is 2.16 bits per heavy atom. The Labute approximate surface area is 150 Å². The summed E-state index contributed by atoms with van der Waals surface area (Å²) >= 11 is 0.793. The van der Waals surface area contributed by atoms with E-state index >= 15 is 0 Å². The van der Waals surface area contributed by atoms with Crippen LogP contribution < -0.4 is 5.73 Å². The van der Waals surface area contributed by atoms with Gasteiger partial charge in [-0.3, -0.25) is 9.69 Å². The molecule has 142 valence electrons. The van der Waals surface area contributed by atoms with Crippen LogP contribution in [0.15, 0.2) is 0 Å². The highest BCUT2D eigenvalue weighted by Crippen LogP contribution is 2.43. The molecular weight excluding hydrogens is 352 g/mol. The van der Waals surface area contributed by atoms with Gasteiger partial charge in [0.05, 0.1) is 20.3 Å². The van der Waals surface area contributed by atoms with Crippen LogP contribution >= 0.6 is 11.8 Å². The average Bonchev–Trinajstić information content (AvgIpc) is 2.92. The number of nitrogens with two attached hydrogens (primary N) is 1. The predicted molar refractivity (Wildman–Crippen MR) is 89.7 cm³/mol. The SMILES string of the molecule is COC(=O)C1CSC(C(=O)OC)(C(=O)[C@H](C)N)N1C(=O)OC(C)(C)C. The zero-order valence-corrected chi connectivity index (χ0v) is 16.0. The molecule has 0 bridgehead atoms. The van der Waals surface area contributed by atoms with Crippen molar-refractivity contribution in [1.82, 2.24) is 4.90 Å². The number of thioether (sulfide) groups is 1. The van der Waals surface area contributed by atoms with Crippen LogP contribution in [0.5, 0.6) is 0 Å². The second kappa shape index (κ2) is 7.61. The highest BCUT2D eigenvalue weighted by Gasteiger charge is 2.64. The third-order valence-electron chi connectivity index (χ3n) is 3.37. The third-order valence-corrected chi connectivity index (χ3v) is 4.84. The summed E-state index contributed by atoms with van der Waals surface area (Å²) < 4.78 is 14.7. The number of hydrogen-bond donors (Lipinski definition) is 1. The highest BCUT2D eigenvalue weighted by molar-refractivity contribution is 8.02. The molecule has 1 aliphatic rings. The fraction of sp³-hybridized carbons (Fsp3) is 0.733. The lowest BCUT2D eigenvalue weighted by Crippen LogP contribution is -2.64. The number of esters is 2. The maximum absolute atomic E-state index is 12.8. The van der Waals surface area contributed by atoms with Gasteiger partial charge in [-0.1, -0.05) is 0 Å². The molecule has 1 heterocycles. The first-order chi connectivity index (χ1) is 11.4. The second-order valence-electron chi connectivity index (χ2n) is 6.49. The van der Waals surface area contributed by atoms with E-state index in [9.17, 15) is 19.2 Å². The molecule has 1 aliphatic heterocycles. The van der Waals surface area contributed by atoms with Crippen LogP contribution in [-0.4, -0.2) is 71.2 Å². The lowest BCUT2D eigenvalue weighted by atomic mass is 10.0. The maximum Gasteiger partial charge on any atom is 0.413 e. The number of hydrogen-bond acceptors (Lipinski definition) is 9. The van der Waals surface area contributed by atoms with Gasteiger partial charge in [0.25, 0.3) is 4.87 Å². The van der Waals surface area contributed by atoms with Crippen molar-refractivity contribution in [2.45, 2.75) is 50.3 Å². The predicted octanol–water partition coefficient (Wildman–Crippen LogP) is 0.298. The van der Waals surface area contributed by atoms with Crippen molar-refractivity contribution < 1.29 is 33.4 Å². The number of nitrogens with zero attached hydrogens (tertiary/aromatic N) is 1. The van der Waals surface area contributed by atoms with Crippen molar-refractivity contribution in [1.29, 1.82) is 0 Å². The van der Waals surface area contributed by atoms with Gasteiger partial charge in [-0.15, -0.1) is 11.8 Å². The summed E-state index contributed by atoms with van der Waals surface area (Å²) in [5, 5.41) is 0. The van der Waals surface area contributed by atoms with Gasteiger partial charge >= 0.3 is 18.0 Å². The normalized spacial score (nSPS) is 24.4. The Balaban J connectivity index is 3.51. The van der Waals surface area contributed by atoms with E-state index in [-0.39, 0.29) is 5.75 Å². The molecule has 0 aromatic heterocycles. The molecule has 0 spiro atoms. The Morgan fingerprint density at radius 2 is 1.76 bits per heavy atom. The zero-order valence-electron chi connectivity index (χ0n) is 15.2. The van der Waals surface area contributed by atoms with Gasteiger partial charge < -0.3 is 19.9 Å². The molecule has 25 heavy (non-hydrogen) atoms. The Hall–Kier alpha value is -1.81. The molecular formula is C15H24N2O7S. The molecule has 0 aliphatic carbocycles. The fourth-order valence-electron chi connectivity index (χ4n) is 2.33. The van der Waals surface area contributed by atoms with Crippen LogP contribution in [0, 0.1) is 0 Å². The quantitative estimate of drug-likeness (QED) is 0.419. The molecule has 1 saturated heterocycles. The fourth-order valence-corrected chi connectivity index (χ4v) is 3.89. The van der Waals surface area contributed by atoms with Crippen LogP contribution in [-0.2, 0) is 28.6 Å². The number of ether oxygens (including phenoxy) is 3. The van der Waals surface area contributed by atoms with Crippen LogP contribution in [0.2, 0.25) is 0 Å². The van der Waals surface area contributed by atoms with E-state index in [2.05, 4.69) is 0 Å². The first-order valence-electron chi connectivity index (χ1n) is 7.54. The van der Waals surface area contributed by atoms with Gasteiger partial charge in [-0.25, -0.2) is 14.4 Å². The van der Waals surface area contributed by atoms with Crippen molar-refractivity contribution in [3.05, 3.63) is 0 Å². The minimum atomic E-state index is -2.11. The zero-order chi connectivity index (χ0) is 19.6. The molecule has 0 aromatic rings. The van der Waals surface area contributed by atoms with Gasteiger partial charge in [0.1, 0.15) is 11.6 Å². The van der Waals surface area contributed by atoms with Crippen LogP contribution in [0.1, 0.15) is 27.7 Å². The largest absolute Gasteiger partial charge is 0.467 e. The molecule has 2 N–H and O–H groups in total. The molecule has 2 unspecified atom stereocenters. The van der Waals surface area contributed by atoms with Gasteiger partial charge in [0, 0.05) is 5.75 Å². The van der Waals surface area contributed by atoms with E-state index in [0.717, 1.165) is 30.9 Å².